The Balaban J connectivity index is 2.86. The van der Waals surface area contributed by atoms with Gasteiger partial charge in [-0.2, -0.15) is 0 Å². The van der Waals surface area contributed by atoms with Crippen molar-refractivity contribution in [3.05, 3.63) is 36.4 Å². The number of amides is 1. The lowest BCUT2D eigenvalue weighted by atomic mass is 10.3. The normalized spacial score (nSPS) is 9.71. The highest BCUT2D eigenvalue weighted by Gasteiger charge is 2.18. The lowest BCUT2D eigenvalue weighted by molar-refractivity contribution is -0.137. The maximum Gasteiger partial charge on any atom is 0.323 e. The Hall–Kier alpha value is -2.24. The largest absolute Gasteiger partial charge is 0.480 e. The van der Waals surface area contributed by atoms with Gasteiger partial charge in [0.15, 0.2) is 0 Å². The fourth-order valence-electron chi connectivity index (χ4n) is 1.20. The van der Waals surface area contributed by atoms with E-state index in [0.717, 1.165) is 4.90 Å². The van der Waals surface area contributed by atoms with Crippen LogP contribution in [0.15, 0.2) is 25.0 Å². The minimum absolute atomic E-state index is 0.124. The topological polar surface area (TPSA) is 83.4 Å². The molecule has 0 aliphatic rings. The van der Waals surface area contributed by atoms with Crippen LogP contribution in [-0.2, 0) is 4.79 Å². The van der Waals surface area contributed by atoms with Gasteiger partial charge in [-0.25, -0.2) is 4.98 Å². The lowest BCUT2D eigenvalue weighted by Gasteiger charge is -2.17. The number of carboxylic acids is 1. The van der Waals surface area contributed by atoms with Crippen molar-refractivity contribution in [2.45, 2.75) is 6.92 Å². The molecule has 90 valence electrons. The first kappa shape index (κ1) is 12.8. The van der Waals surface area contributed by atoms with Crippen LogP contribution in [0.1, 0.15) is 16.2 Å². The molecule has 0 aromatic carbocycles. The molecule has 1 amide bonds. The van der Waals surface area contributed by atoms with Crippen molar-refractivity contribution in [3.63, 3.8) is 0 Å². The number of hydrogen-bond acceptors (Lipinski definition) is 4. The summed E-state index contributed by atoms with van der Waals surface area (Å²) in [4.78, 5) is 31.5. The van der Waals surface area contributed by atoms with E-state index in [1.54, 1.807) is 6.92 Å². The Morgan fingerprint density at radius 1 is 1.47 bits per heavy atom. The Bertz CT molecular complexity index is 428. The lowest BCUT2D eigenvalue weighted by Crippen LogP contribution is -2.36. The van der Waals surface area contributed by atoms with E-state index < -0.39 is 11.9 Å². The zero-order valence-electron chi connectivity index (χ0n) is 9.46. The van der Waals surface area contributed by atoms with Gasteiger partial charge in [-0.05, 0) is 6.92 Å². The molecule has 6 nitrogen and oxygen atoms in total. The van der Waals surface area contributed by atoms with E-state index in [1.807, 2.05) is 0 Å². The number of aliphatic carboxylic acids is 1. The van der Waals surface area contributed by atoms with Gasteiger partial charge in [-0.1, -0.05) is 6.08 Å². The number of carboxylic acid groups (broad SMARTS) is 1. The minimum atomic E-state index is -1.08. The van der Waals surface area contributed by atoms with Crippen molar-refractivity contribution in [1.29, 1.82) is 0 Å². The number of nitrogens with zero attached hydrogens (tertiary/aromatic N) is 3. The summed E-state index contributed by atoms with van der Waals surface area (Å²) < 4.78 is 0. The second-order valence-corrected chi connectivity index (χ2v) is 3.41. The summed E-state index contributed by atoms with van der Waals surface area (Å²) in [6.07, 6.45) is 4.25. The number of aryl methyl sites for hydroxylation is 1. The molecular weight excluding hydrogens is 222 g/mol. The molecule has 0 atom stereocenters. The average molecular weight is 235 g/mol. The zero-order valence-corrected chi connectivity index (χ0v) is 9.46. The fraction of sp³-hybridized carbons (Fsp3) is 0.273. The van der Waals surface area contributed by atoms with Gasteiger partial charge >= 0.3 is 5.97 Å². The molecule has 6 heteroatoms. The SMILES string of the molecule is C=CCN(CC(=O)O)C(=O)c1cnc(C)cn1. The van der Waals surface area contributed by atoms with Crippen LogP contribution < -0.4 is 0 Å². The number of hydrogen-bond donors (Lipinski definition) is 1. The van der Waals surface area contributed by atoms with Crippen LogP contribution in [0.4, 0.5) is 0 Å². The molecule has 1 aromatic rings. The van der Waals surface area contributed by atoms with Gasteiger partial charge < -0.3 is 10.0 Å². The first-order chi connectivity index (χ1) is 8.04. The zero-order chi connectivity index (χ0) is 12.8. The molecule has 0 bridgehead atoms. The van der Waals surface area contributed by atoms with Gasteiger partial charge in [0, 0.05) is 12.7 Å². The fourth-order valence-corrected chi connectivity index (χ4v) is 1.20. The van der Waals surface area contributed by atoms with E-state index in [-0.39, 0.29) is 18.8 Å². The summed E-state index contributed by atoms with van der Waals surface area (Å²) in [7, 11) is 0. The van der Waals surface area contributed by atoms with E-state index in [0.29, 0.717) is 5.69 Å². The molecule has 1 N–H and O–H groups in total. The molecule has 0 aliphatic heterocycles. The standard InChI is InChI=1S/C11H13N3O3/c1-3-4-14(7-10(15)16)11(17)9-6-12-8(2)5-13-9/h3,5-6H,1,4,7H2,2H3,(H,15,16). The van der Waals surface area contributed by atoms with Gasteiger partial charge in [0.05, 0.1) is 11.9 Å². The molecular formula is C11H13N3O3. The van der Waals surface area contributed by atoms with Crippen molar-refractivity contribution < 1.29 is 14.7 Å². The maximum atomic E-state index is 11.9. The molecule has 0 saturated heterocycles. The van der Waals surface area contributed by atoms with Crippen LogP contribution in [0.5, 0.6) is 0 Å². The van der Waals surface area contributed by atoms with Crippen LogP contribution in [0.3, 0.4) is 0 Å². The first-order valence-electron chi connectivity index (χ1n) is 4.95. The van der Waals surface area contributed by atoms with Crippen LogP contribution in [0.25, 0.3) is 0 Å². The highest BCUT2D eigenvalue weighted by Crippen LogP contribution is 2.01. The van der Waals surface area contributed by atoms with Gasteiger partial charge in [0.1, 0.15) is 12.2 Å². The van der Waals surface area contributed by atoms with Crippen LogP contribution in [0.2, 0.25) is 0 Å². The molecule has 17 heavy (non-hydrogen) atoms. The summed E-state index contributed by atoms with van der Waals surface area (Å²) in [6, 6.07) is 0. The molecule has 0 spiro atoms. The Labute approximate surface area is 98.6 Å². The van der Waals surface area contributed by atoms with E-state index >= 15 is 0 Å². The summed E-state index contributed by atoms with van der Waals surface area (Å²) in [5.74, 6) is -1.56. The van der Waals surface area contributed by atoms with E-state index in [2.05, 4.69) is 16.5 Å². The van der Waals surface area contributed by atoms with Crippen molar-refractivity contribution in [1.82, 2.24) is 14.9 Å². The third-order valence-corrected chi connectivity index (χ3v) is 1.96. The number of carbonyl (C=O) groups excluding carboxylic acids is 1. The summed E-state index contributed by atoms with van der Waals surface area (Å²) in [5, 5.41) is 8.69. The van der Waals surface area contributed by atoms with Gasteiger partial charge in [0.2, 0.25) is 0 Å². The highest BCUT2D eigenvalue weighted by molar-refractivity contribution is 5.93. The third kappa shape index (κ3) is 3.67. The molecule has 0 fully saturated rings. The molecule has 0 radical (unpaired) electrons. The Morgan fingerprint density at radius 2 is 2.18 bits per heavy atom. The predicted octanol–water partition coefficient (Wildman–Crippen LogP) is 0.498. The van der Waals surface area contributed by atoms with Crippen molar-refractivity contribution in [2.24, 2.45) is 0 Å². The number of aromatic nitrogens is 2. The van der Waals surface area contributed by atoms with Crippen molar-refractivity contribution in [3.8, 4) is 0 Å². The van der Waals surface area contributed by atoms with Crippen LogP contribution >= 0.6 is 0 Å². The van der Waals surface area contributed by atoms with Gasteiger partial charge in [-0.15, -0.1) is 6.58 Å². The molecule has 0 unspecified atom stereocenters. The van der Waals surface area contributed by atoms with Gasteiger partial charge in [-0.3, -0.25) is 14.6 Å². The molecule has 1 aromatic heterocycles. The Kier molecular flexibility index (Phi) is 4.33. The van der Waals surface area contributed by atoms with Crippen molar-refractivity contribution in [2.75, 3.05) is 13.1 Å². The van der Waals surface area contributed by atoms with Crippen molar-refractivity contribution >= 4 is 11.9 Å². The van der Waals surface area contributed by atoms with Gasteiger partial charge in [0.25, 0.3) is 5.91 Å². The first-order valence-corrected chi connectivity index (χ1v) is 4.95. The summed E-state index contributed by atoms with van der Waals surface area (Å²) in [5.41, 5.74) is 0.814. The van der Waals surface area contributed by atoms with E-state index in [9.17, 15) is 9.59 Å². The third-order valence-electron chi connectivity index (χ3n) is 1.96. The number of carbonyl (C=O) groups is 2. The molecule has 1 heterocycles. The summed E-state index contributed by atoms with van der Waals surface area (Å²) in [6.45, 7) is 4.99. The average Bonchev–Trinajstić information content (AvgIpc) is 2.28. The highest BCUT2D eigenvalue weighted by atomic mass is 16.4. The molecule has 0 saturated carbocycles. The molecule has 0 aliphatic carbocycles. The quantitative estimate of drug-likeness (QED) is 0.751. The minimum Gasteiger partial charge on any atom is -0.480 e. The molecule has 1 rings (SSSR count). The number of rotatable bonds is 5. The predicted molar refractivity (Wildman–Crippen MR) is 60.5 cm³/mol. The van der Waals surface area contributed by atoms with Crippen LogP contribution in [-0.4, -0.2) is 44.9 Å². The second kappa shape index (κ2) is 5.74. The Morgan fingerprint density at radius 3 is 2.65 bits per heavy atom. The maximum absolute atomic E-state index is 11.9. The smallest absolute Gasteiger partial charge is 0.323 e. The van der Waals surface area contributed by atoms with Crippen LogP contribution in [0, 0.1) is 6.92 Å². The summed E-state index contributed by atoms with van der Waals surface area (Å²) >= 11 is 0. The monoisotopic (exact) mass is 235 g/mol. The van der Waals surface area contributed by atoms with E-state index in [1.165, 1.54) is 18.5 Å². The second-order valence-electron chi connectivity index (χ2n) is 3.41. The van der Waals surface area contributed by atoms with E-state index in [4.69, 9.17) is 5.11 Å².